The summed E-state index contributed by atoms with van der Waals surface area (Å²) >= 11 is 0. The van der Waals surface area contributed by atoms with Crippen molar-refractivity contribution in [2.45, 2.75) is 39.3 Å². The summed E-state index contributed by atoms with van der Waals surface area (Å²) in [5.41, 5.74) is -0.0748. The average molecular weight is 251 g/mol. The van der Waals surface area contributed by atoms with E-state index in [9.17, 15) is 9.90 Å². The normalized spacial score (nSPS) is 24.6. The fourth-order valence-electron chi connectivity index (χ4n) is 2.28. The van der Waals surface area contributed by atoms with Crippen LogP contribution in [0, 0.1) is 5.92 Å². The number of hydrogen-bond acceptors (Lipinski definition) is 4. The largest absolute Gasteiger partial charge is 0.391 e. The third-order valence-corrected chi connectivity index (χ3v) is 3.62. The molecule has 1 saturated heterocycles. The van der Waals surface area contributed by atoms with Gasteiger partial charge in [-0.05, 0) is 26.2 Å². The smallest absolute Gasteiger partial charge is 0.293 e. The summed E-state index contributed by atoms with van der Waals surface area (Å²) in [7, 11) is 0. The van der Waals surface area contributed by atoms with Gasteiger partial charge in [-0.2, -0.15) is 0 Å². The number of aliphatic hydroxyl groups excluding tert-OH is 1. The van der Waals surface area contributed by atoms with Crippen molar-refractivity contribution in [2.75, 3.05) is 18.0 Å². The minimum atomic E-state index is -0.382. The molecule has 2 unspecified atom stereocenters. The molecule has 5 nitrogen and oxygen atoms in total. The van der Waals surface area contributed by atoms with E-state index in [2.05, 4.69) is 4.98 Å². The van der Waals surface area contributed by atoms with Crippen LogP contribution in [-0.2, 0) is 0 Å². The number of aromatic nitrogens is 2. The lowest BCUT2D eigenvalue weighted by Gasteiger charge is -2.34. The third-order valence-electron chi connectivity index (χ3n) is 3.62. The van der Waals surface area contributed by atoms with E-state index in [0.717, 1.165) is 13.0 Å². The Labute approximate surface area is 107 Å². The standard InChI is InChI=1S/C13H21N3O2/c1-9(2)16-7-5-14-12(13(16)18)15-6-4-10(3)11(17)8-15/h5,7,9-11,17H,4,6,8H2,1-3H3. The number of nitrogens with zero attached hydrogens (tertiary/aromatic N) is 3. The van der Waals surface area contributed by atoms with Gasteiger partial charge in [0.25, 0.3) is 5.56 Å². The number of β-amino-alcohol motifs (C(OH)–C–C–N with tert-alkyl or cyclic N) is 1. The summed E-state index contributed by atoms with van der Waals surface area (Å²) in [6.45, 7) is 7.25. The molecular formula is C13H21N3O2. The van der Waals surface area contributed by atoms with Gasteiger partial charge in [-0.25, -0.2) is 4.98 Å². The van der Waals surface area contributed by atoms with E-state index in [1.807, 2.05) is 25.7 Å². The lowest BCUT2D eigenvalue weighted by Crippen LogP contribution is -2.46. The van der Waals surface area contributed by atoms with Crippen LogP contribution in [0.1, 0.15) is 33.2 Å². The molecule has 1 aromatic heterocycles. The summed E-state index contributed by atoms with van der Waals surface area (Å²) in [5.74, 6) is 0.745. The van der Waals surface area contributed by atoms with Crippen LogP contribution in [0.15, 0.2) is 17.2 Å². The Balaban J connectivity index is 2.29. The Morgan fingerprint density at radius 3 is 2.83 bits per heavy atom. The van der Waals surface area contributed by atoms with Crippen LogP contribution < -0.4 is 10.5 Å². The molecule has 2 heterocycles. The van der Waals surface area contributed by atoms with Gasteiger partial charge in [0, 0.05) is 31.5 Å². The highest BCUT2D eigenvalue weighted by Gasteiger charge is 2.26. The van der Waals surface area contributed by atoms with Gasteiger partial charge < -0.3 is 14.6 Å². The van der Waals surface area contributed by atoms with E-state index in [1.54, 1.807) is 17.0 Å². The van der Waals surface area contributed by atoms with Crippen LogP contribution in [0.3, 0.4) is 0 Å². The average Bonchev–Trinajstić information content (AvgIpc) is 2.33. The predicted molar refractivity (Wildman–Crippen MR) is 70.9 cm³/mol. The Morgan fingerprint density at radius 1 is 1.50 bits per heavy atom. The van der Waals surface area contributed by atoms with Crippen LogP contribution >= 0.6 is 0 Å². The van der Waals surface area contributed by atoms with Gasteiger partial charge in [-0.1, -0.05) is 6.92 Å². The van der Waals surface area contributed by atoms with Crippen molar-refractivity contribution in [1.82, 2.24) is 9.55 Å². The lowest BCUT2D eigenvalue weighted by molar-refractivity contribution is 0.102. The molecule has 0 aromatic carbocycles. The minimum absolute atomic E-state index is 0.0748. The monoisotopic (exact) mass is 251 g/mol. The Hall–Kier alpha value is -1.36. The van der Waals surface area contributed by atoms with E-state index in [0.29, 0.717) is 12.4 Å². The molecule has 0 aliphatic carbocycles. The van der Waals surface area contributed by atoms with Crippen LogP contribution in [0.2, 0.25) is 0 Å². The molecule has 0 bridgehead atoms. The zero-order chi connectivity index (χ0) is 13.3. The summed E-state index contributed by atoms with van der Waals surface area (Å²) in [4.78, 5) is 18.4. The molecule has 18 heavy (non-hydrogen) atoms. The molecule has 2 atom stereocenters. The predicted octanol–water partition coefficient (Wildman–Crippen LogP) is 1.03. The SMILES string of the molecule is CC1CCN(c2nccn(C(C)C)c2=O)CC1O. The van der Waals surface area contributed by atoms with Crippen molar-refractivity contribution in [2.24, 2.45) is 5.92 Å². The molecule has 1 aliphatic heterocycles. The first-order chi connectivity index (χ1) is 8.50. The summed E-state index contributed by atoms with van der Waals surface area (Å²) < 4.78 is 1.67. The summed E-state index contributed by atoms with van der Waals surface area (Å²) in [6, 6.07) is 0.118. The Kier molecular flexibility index (Phi) is 3.71. The Bertz CT molecular complexity index is 470. The van der Waals surface area contributed by atoms with Crippen molar-refractivity contribution >= 4 is 5.82 Å². The third kappa shape index (κ3) is 2.41. The van der Waals surface area contributed by atoms with Gasteiger partial charge in [-0.15, -0.1) is 0 Å². The highest BCUT2D eigenvalue weighted by molar-refractivity contribution is 5.36. The van der Waals surface area contributed by atoms with Crippen molar-refractivity contribution in [1.29, 1.82) is 0 Å². The van der Waals surface area contributed by atoms with E-state index < -0.39 is 0 Å². The fraction of sp³-hybridized carbons (Fsp3) is 0.692. The van der Waals surface area contributed by atoms with Crippen molar-refractivity contribution < 1.29 is 5.11 Å². The minimum Gasteiger partial charge on any atom is -0.391 e. The van der Waals surface area contributed by atoms with Crippen molar-refractivity contribution in [3.63, 3.8) is 0 Å². The quantitative estimate of drug-likeness (QED) is 0.853. The zero-order valence-electron chi connectivity index (χ0n) is 11.2. The van der Waals surface area contributed by atoms with Gasteiger partial charge in [0.2, 0.25) is 0 Å². The van der Waals surface area contributed by atoms with Crippen molar-refractivity contribution in [3.8, 4) is 0 Å². The van der Waals surface area contributed by atoms with E-state index in [4.69, 9.17) is 0 Å². The van der Waals surface area contributed by atoms with Gasteiger partial charge in [-0.3, -0.25) is 4.79 Å². The molecule has 1 fully saturated rings. The van der Waals surface area contributed by atoms with Crippen LogP contribution in [0.4, 0.5) is 5.82 Å². The summed E-state index contributed by atoms with van der Waals surface area (Å²) in [6.07, 6.45) is 3.87. The number of rotatable bonds is 2. The van der Waals surface area contributed by atoms with Crippen molar-refractivity contribution in [3.05, 3.63) is 22.7 Å². The Morgan fingerprint density at radius 2 is 2.22 bits per heavy atom. The second-order valence-electron chi connectivity index (χ2n) is 5.34. The van der Waals surface area contributed by atoms with E-state index in [-0.39, 0.29) is 23.6 Å². The fourth-order valence-corrected chi connectivity index (χ4v) is 2.28. The highest BCUT2D eigenvalue weighted by Crippen LogP contribution is 2.19. The molecule has 5 heteroatoms. The highest BCUT2D eigenvalue weighted by atomic mass is 16.3. The molecule has 100 valence electrons. The molecule has 1 aliphatic rings. The van der Waals surface area contributed by atoms with Crippen LogP contribution in [0.25, 0.3) is 0 Å². The van der Waals surface area contributed by atoms with Gasteiger partial charge in [0.1, 0.15) is 0 Å². The second-order valence-corrected chi connectivity index (χ2v) is 5.34. The lowest BCUT2D eigenvalue weighted by atomic mass is 9.96. The molecule has 0 spiro atoms. The molecule has 0 amide bonds. The van der Waals surface area contributed by atoms with Crippen LogP contribution in [0.5, 0.6) is 0 Å². The molecule has 0 radical (unpaired) electrons. The number of hydrogen-bond donors (Lipinski definition) is 1. The topological polar surface area (TPSA) is 58.4 Å². The van der Waals surface area contributed by atoms with Gasteiger partial charge >= 0.3 is 0 Å². The molecule has 1 aromatic rings. The van der Waals surface area contributed by atoms with E-state index in [1.165, 1.54) is 0 Å². The maximum Gasteiger partial charge on any atom is 0.293 e. The van der Waals surface area contributed by atoms with E-state index >= 15 is 0 Å². The number of anilines is 1. The summed E-state index contributed by atoms with van der Waals surface area (Å²) in [5, 5.41) is 9.90. The maximum absolute atomic E-state index is 12.3. The van der Waals surface area contributed by atoms with Gasteiger partial charge in [0.05, 0.1) is 6.10 Å². The number of piperidine rings is 1. The molecule has 1 N–H and O–H groups in total. The second kappa shape index (κ2) is 5.10. The maximum atomic E-state index is 12.3. The molecular weight excluding hydrogens is 230 g/mol. The molecule has 2 rings (SSSR count). The first kappa shape index (κ1) is 13.1. The first-order valence-electron chi connectivity index (χ1n) is 6.51. The molecule has 0 saturated carbocycles. The first-order valence-corrected chi connectivity index (χ1v) is 6.51. The number of aliphatic hydroxyl groups is 1. The van der Waals surface area contributed by atoms with Gasteiger partial charge in [0.15, 0.2) is 5.82 Å². The van der Waals surface area contributed by atoms with Crippen LogP contribution in [-0.4, -0.2) is 33.9 Å². The zero-order valence-corrected chi connectivity index (χ0v) is 11.2.